The van der Waals surface area contributed by atoms with Crippen molar-refractivity contribution in [1.82, 2.24) is 15.5 Å². The summed E-state index contributed by atoms with van der Waals surface area (Å²) in [6.07, 6.45) is 2.14. The van der Waals surface area contributed by atoms with Crippen LogP contribution in [-0.4, -0.2) is 42.6 Å². The molecule has 112 valence electrons. The molecular formula is C13H21N3O3S. The zero-order valence-corrected chi connectivity index (χ0v) is 12.7. The molecule has 0 aliphatic carbocycles. The summed E-state index contributed by atoms with van der Waals surface area (Å²) in [7, 11) is -2.99. The van der Waals surface area contributed by atoms with Gasteiger partial charge in [-0.25, -0.2) is 8.42 Å². The molecule has 1 atom stereocenters. The van der Waals surface area contributed by atoms with Gasteiger partial charge in [-0.15, -0.1) is 0 Å². The van der Waals surface area contributed by atoms with E-state index in [1.165, 1.54) is 5.56 Å². The smallest absolute Gasteiger partial charge is 0.224 e. The van der Waals surface area contributed by atoms with Crippen LogP contribution in [-0.2, 0) is 21.1 Å². The Morgan fingerprint density at radius 1 is 1.45 bits per heavy atom. The molecule has 2 N–H and O–H groups in total. The molecule has 1 aliphatic rings. The molecule has 2 rings (SSSR count). The topological polar surface area (TPSA) is 91.9 Å². The van der Waals surface area contributed by atoms with E-state index in [1.54, 1.807) is 0 Å². The third-order valence-corrected chi connectivity index (χ3v) is 5.55. The summed E-state index contributed by atoms with van der Waals surface area (Å²) >= 11 is 0. The predicted molar refractivity (Wildman–Crippen MR) is 76.2 cm³/mol. The Balaban J connectivity index is 1.73. The van der Waals surface area contributed by atoms with Gasteiger partial charge in [0.15, 0.2) is 9.84 Å². The van der Waals surface area contributed by atoms with E-state index in [2.05, 4.69) is 15.5 Å². The minimum absolute atomic E-state index is 0.00121. The standard InChI is InChI=1S/C13H21N3O3S/c1-9-12(10(2)16-15-9)4-3-6-14-13(17)11-5-7-20(18,19)8-11/h11H,3-8H2,1-2H3,(H,14,17)(H,15,16). The fraction of sp³-hybridized carbons (Fsp3) is 0.692. The molecule has 0 spiro atoms. The van der Waals surface area contributed by atoms with Crippen LogP contribution in [0.5, 0.6) is 0 Å². The highest BCUT2D eigenvalue weighted by Gasteiger charge is 2.32. The minimum atomic E-state index is -2.99. The summed E-state index contributed by atoms with van der Waals surface area (Å²) in [5, 5.41) is 9.90. The molecule has 7 heteroatoms. The Labute approximate surface area is 119 Å². The molecule has 20 heavy (non-hydrogen) atoms. The Hall–Kier alpha value is -1.37. The second-order valence-corrected chi connectivity index (χ2v) is 7.64. The van der Waals surface area contributed by atoms with Crippen molar-refractivity contribution in [1.29, 1.82) is 0 Å². The molecule has 0 saturated carbocycles. The average Bonchev–Trinajstić information content (AvgIpc) is 2.89. The molecule has 1 unspecified atom stereocenters. The van der Waals surface area contributed by atoms with Crippen LogP contribution >= 0.6 is 0 Å². The summed E-state index contributed by atoms with van der Waals surface area (Å²) in [5.74, 6) is -0.360. The number of hydrogen-bond acceptors (Lipinski definition) is 4. The summed E-state index contributed by atoms with van der Waals surface area (Å²) in [6, 6.07) is 0. The Kier molecular flexibility index (Phi) is 4.47. The van der Waals surface area contributed by atoms with Gasteiger partial charge < -0.3 is 5.32 Å². The van der Waals surface area contributed by atoms with Crippen molar-refractivity contribution in [3.8, 4) is 0 Å². The van der Waals surface area contributed by atoms with Crippen LogP contribution < -0.4 is 5.32 Å². The van der Waals surface area contributed by atoms with Gasteiger partial charge in [0, 0.05) is 12.2 Å². The van der Waals surface area contributed by atoms with Crippen LogP contribution in [0, 0.1) is 19.8 Å². The Morgan fingerprint density at radius 3 is 2.75 bits per heavy atom. The summed E-state index contributed by atoms with van der Waals surface area (Å²) in [6.45, 7) is 4.51. The number of rotatable bonds is 5. The number of aromatic nitrogens is 2. The number of nitrogens with one attached hydrogen (secondary N) is 2. The highest BCUT2D eigenvalue weighted by molar-refractivity contribution is 7.91. The fourth-order valence-corrected chi connectivity index (χ4v) is 4.31. The molecule has 0 aromatic carbocycles. The van der Waals surface area contributed by atoms with Crippen molar-refractivity contribution in [2.24, 2.45) is 5.92 Å². The van der Waals surface area contributed by atoms with E-state index >= 15 is 0 Å². The number of aryl methyl sites for hydroxylation is 2. The predicted octanol–water partition coefficient (Wildman–Crippen LogP) is 0.510. The Morgan fingerprint density at radius 2 is 2.20 bits per heavy atom. The van der Waals surface area contributed by atoms with Crippen LogP contribution in [0.2, 0.25) is 0 Å². The van der Waals surface area contributed by atoms with Gasteiger partial charge in [-0.2, -0.15) is 5.10 Å². The van der Waals surface area contributed by atoms with Gasteiger partial charge in [0.05, 0.1) is 23.1 Å². The number of aromatic amines is 1. The second kappa shape index (κ2) is 5.95. The van der Waals surface area contributed by atoms with Gasteiger partial charge >= 0.3 is 0 Å². The lowest BCUT2D eigenvalue weighted by atomic mass is 10.1. The third kappa shape index (κ3) is 3.59. The van der Waals surface area contributed by atoms with E-state index in [1.807, 2.05) is 13.8 Å². The molecule has 1 aromatic heterocycles. The van der Waals surface area contributed by atoms with Gasteiger partial charge in [0.1, 0.15) is 0 Å². The van der Waals surface area contributed by atoms with Crippen LogP contribution in [0.25, 0.3) is 0 Å². The van der Waals surface area contributed by atoms with Crippen molar-refractivity contribution in [3.63, 3.8) is 0 Å². The van der Waals surface area contributed by atoms with Crippen molar-refractivity contribution >= 4 is 15.7 Å². The maximum atomic E-state index is 11.8. The fourth-order valence-electron chi connectivity index (χ4n) is 2.57. The quantitative estimate of drug-likeness (QED) is 0.775. The van der Waals surface area contributed by atoms with Crippen molar-refractivity contribution < 1.29 is 13.2 Å². The van der Waals surface area contributed by atoms with Gasteiger partial charge in [0.2, 0.25) is 5.91 Å². The molecule has 1 aliphatic heterocycles. The van der Waals surface area contributed by atoms with E-state index in [4.69, 9.17) is 0 Å². The van der Waals surface area contributed by atoms with Crippen molar-refractivity contribution in [2.45, 2.75) is 33.1 Å². The molecule has 1 aromatic rings. The molecule has 6 nitrogen and oxygen atoms in total. The molecule has 1 fully saturated rings. The molecular weight excluding hydrogens is 278 g/mol. The number of nitrogens with zero attached hydrogens (tertiary/aromatic N) is 1. The highest BCUT2D eigenvalue weighted by Crippen LogP contribution is 2.18. The maximum absolute atomic E-state index is 11.8. The zero-order chi connectivity index (χ0) is 14.8. The summed E-state index contributed by atoms with van der Waals surface area (Å²) < 4.78 is 22.6. The number of sulfone groups is 1. The molecule has 0 bridgehead atoms. The lowest BCUT2D eigenvalue weighted by molar-refractivity contribution is -0.124. The number of carbonyl (C=O) groups is 1. The molecule has 0 radical (unpaired) electrons. The van der Waals surface area contributed by atoms with Gasteiger partial charge in [-0.3, -0.25) is 9.89 Å². The van der Waals surface area contributed by atoms with Crippen LogP contribution in [0.4, 0.5) is 0 Å². The first kappa shape index (κ1) is 15.0. The summed E-state index contributed by atoms with van der Waals surface area (Å²) in [5.41, 5.74) is 3.26. The molecule has 2 heterocycles. The number of carbonyl (C=O) groups excluding carboxylic acids is 1. The largest absolute Gasteiger partial charge is 0.356 e. The number of H-pyrrole nitrogens is 1. The van der Waals surface area contributed by atoms with E-state index < -0.39 is 9.84 Å². The van der Waals surface area contributed by atoms with Crippen LogP contribution in [0.3, 0.4) is 0 Å². The monoisotopic (exact) mass is 299 g/mol. The second-order valence-electron chi connectivity index (χ2n) is 5.41. The average molecular weight is 299 g/mol. The Bertz CT molecular complexity index is 573. The van der Waals surface area contributed by atoms with E-state index in [9.17, 15) is 13.2 Å². The number of hydrogen-bond donors (Lipinski definition) is 2. The maximum Gasteiger partial charge on any atom is 0.224 e. The van der Waals surface area contributed by atoms with Crippen molar-refractivity contribution in [2.75, 3.05) is 18.1 Å². The van der Waals surface area contributed by atoms with Gasteiger partial charge in [0.25, 0.3) is 0 Å². The third-order valence-electron chi connectivity index (χ3n) is 3.79. The van der Waals surface area contributed by atoms with E-state index in [0.29, 0.717) is 13.0 Å². The van der Waals surface area contributed by atoms with Crippen LogP contribution in [0.1, 0.15) is 29.8 Å². The SMILES string of the molecule is Cc1n[nH]c(C)c1CCCNC(=O)C1CCS(=O)(=O)C1. The molecule has 1 amide bonds. The summed E-state index contributed by atoms with van der Waals surface area (Å²) in [4.78, 5) is 11.8. The lowest BCUT2D eigenvalue weighted by Crippen LogP contribution is -2.32. The van der Waals surface area contributed by atoms with E-state index in [-0.39, 0.29) is 23.3 Å². The first-order valence-corrected chi connectivity index (χ1v) is 8.70. The van der Waals surface area contributed by atoms with Gasteiger partial charge in [-0.05, 0) is 38.7 Å². The first-order chi connectivity index (χ1) is 9.39. The van der Waals surface area contributed by atoms with Gasteiger partial charge in [-0.1, -0.05) is 0 Å². The lowest BCUT2D eigenvalue weighted by Gasteiger charge is -2.09. The van der Waals surface area contributed by atoms with Crippen LogP contribution in [0.15, 0.2) is 0 Å². The normalized spacial score (nSPS) is 21.0. The highest BCUT2D eigenvalue weighted by atomic mass is 32.2. The first-order valence-electron chi connectivity index (χ1n) is 6.87. The minimum Gasteiger partial charge on any atom is -0.356 e. The number of amides is 1. The van der Waals surface area contributed by atoms with E-state index in [0.717, 1.165) is 24.2 Å². The zero-order valence-electron chi connectivity index (χ0n) is 11.9. The molecule has 1 saturated heterocycles. The van der Waals surface area contributed by atoms with Crippen molar-refractivity contribution in [3.05, 3.63) is 17.0 Å².